The first-order chi connectivity index (χ1) is 8.97. The number of aromatic nitrogens is 1. The summed E-state index contributed by atoms with van der Waals surface area (Å²) >= 11 is 1.59. The summed E-state index contributed by atoms with van der Waals surface area (Å²) in [6.45, 7) is 5.86. The van der Waals surface area contributed by atoms with Crippen molar-refractivity contribution in [1.29, 1.82) is 0 Å². The zero-order chi connectivity index (χ0) is 14.0. The van der Waals surface area contributed by atoms with E-state index in [4.69, 9.17) is 0 Å². The van der Waals surface area contributed by atoms with Crippen LogP contribution in [0.1, 0.15) is 42.2 Å². The maximum absolute atomic E-state index is 13.7. The highest BCUT2D eigenvalue weighted by Crippen LogP contribution is 2.25. The Kier molecular flexibility index (Phi) is 4.17. The van der Waals surface area contributed by atoms with Gasteiger partial charge in [-0.1, -0.05) is 6.07 Å². The molecular formula is C14H17FN2OS. The van der Waals surface area contributed by atoms with Crippen molar-refractivity contribution in [2.24, 2.45) is 0 Å². The van der Waals surface area contributed by atoms with Crippen LogP contribution in [0.5, 0.6) is 5.75 Å². The first-order valence-electron chi connectivity index (χ1n) is 6.14. The summed E-state index contributed by atoms with van der Waals surface area (Å²) in [5, 5.41) is 15.5. The fourth-order valence-corrected chi connectivity index (χ4v) is 2.79. The maximum Gasteiger partial charge on any atom is 0.131 e. The number of nitrogens with one attached hydrogen (secondary N) is 1. The molecule has 1 aromatic carbocycles. The Labute approximate surface area is 116 Å². The molecule has 0 amide bonds. The maximum atomic E-state index is 13.7. The van der Waals surface area contributed by atoms with Gasteiger partial charge in [-0.15, -0.1) is 11.3 Å². The highest BCUT2D eigenvalue weighted by atomic mass is 32.1. The Balaban J connectivity index is 2.10. The quantitative estimate of drug-likeness (QED) is 0.897. The molecule has 0 radical (unpaired) electrons. The zero-order valence-corrected chi connectivity index (χ0v) is 12.0. The van der Waals surface area contributed by atoms with Crippen molar-refractivity contribution in [2.75, 3.05) is 0 Å². The molecule has 0 bridgehead atoms. The van der Waals surface area contributed by atoms with Crippen LogP contribution in [0.15, 0.2) is 23.6 Å². The van der Waals surface area contributed by atoms with Gasteiger partial charge in [0.1, 0.15) is 16.6 Å². The largest absolute Gasteiger partial charge is 0.508 e. The molecule has 2 unspecified atom stereocenters. The molecule has 1 aromatic heterocycles. The summed E-state index contributed by atoms with van der Waals surface area (Å²) in [6.07, 6.45) is 0. The van der Waals surface area contributed by atoms with Gasteiger partial charge in [-0.2, -0.15) is 0 Å². The second-order valence-electron chi connectivity index (χ2n) is 4.64. The molecule has 2 atom stereocenters. The molecule has 0 aliphatic carbocycles. The van der Waals surface area contributed by atoms with Crippen LogP contribution in [0.3, 0.4) is 0 Å². The van der Waals surface area contributed by atoms with E-state index in [2.05, 4.69) is 10.3 Å². The van der Waals surface area contributed by atoms with Crippen molar-refractivity contribution in [3.05, 3.63) is 45.7 Å². The summed E-state index contributed by atoms with van der Waals surface area (Å²) in [5.74, 6) is -0.459. The standard InChI is InChI=1S/C14H17FN2OS/c1-8-7-19-14(16-8)10(3)17-9(2)12-5-4-11(18)6-13(12)15/h4-7,9-10,17-18H,1-3H3. The van der Waals surface area contributed by atoms with Gasteiger partial charge in [0.25, 0.3) is 0 Å². The van der Waals surface area contributed by atoms with Crippen molar-refractivity contribution in [3.8, 4) is 5.75 Å². The van der Waals surface area contributed by atoms with Crippen molar-refractivity contribution < 1.29 is 9.50 Å². The molecule has 0 saturated heterocycles. The van der Waals surface area contributed by atoms with Crippen LogP contribution >= 0.6 is 11.3 Å². The van der Waals surface area contributed by atoms with E-state index in [1.165, 1.54) is 6.07 Å². The number of hydrogen-bond donors (Lipinski definition) is 2. The van der Waals surface area contributed by atoms with Crippen molar-refractivity contribution >= 4 is 11.3 Å². The van der Waals surface area contributed by atoms with E-state index in [9.17, 15) is 9.50 Å². The van der Waals surface area contributed by atoms with Crippen LogP contribution < -0.4 is 5.32 Å². The molecular weight excluding hydrogens is 263 g/mol. The predicted molar refractivity (Wildman–Crippen MR) is 74.9 cm³/mol. The Morgan fingerprint density at radius 3 is 2.63 bits per heavy atom. The third-order valence-corrected chi connectivity index (χ3v) is 4.10. The van der Waals surface area contributed by atoms with Crippen LogP contribution in [-0.4, -0.2) is 10.1 Å². The van der Waals surface area contributed by atoms with Gasteiger partial charge in [-0.05, 0) is 26.8 Å². The first-order valence-corrected chi connectivity index (χ1v) is 7.02. The summed E-state index contributed by atoms with van der Waals surface area (Å²) < 4.78 is 13.7. The molecule has 2 N–H and O–H groups in total. The normalized spacial score (nSPS) is 14.3. The van der Waals surface area contributed by atoms with E-state index in [-0.39, 0.29) is 17.8 Å². The molecule has 102 valence electrons. The molecule has 1 heterocycles. The van der Waals surface area contributed by atoms with E-state index >= 15 is 0 Å². The van der Waals surface area contributed by atoms with E-state index in [0.717, 1.165) is 16.8 Å². The lowest BCUT2D eigenvalue weighted by atomic mass is 10.1. The smallest absolute Gasteiger partial charge is 0.131 e. The van der Waals surface area contributed by atoms with Crippen LogP contribution in [0.25, 0.3) is 0 Å². The molecule has 0 fully saturated rings. The molecule has 2 aromatic rings. The number of halogens is 1. The van der Waals surface area contributed by atoms with Crippen LogP contribution in [-0.2, 0) is 0 Å². The third-order valence-electron chi connectivity index (χ3n) is 2.96. The Hall–Kier alpha value is -1.46. The number of phenolic OH excluding ortho intramolecular Hbond substituents is 1. The summed E-state index contributed by atoms with van der Waals surface area (Å²) in [7, 11) is 0. The molecule has 3 nitrogen and oxygen atoms in total. The van der Waals surface area contributed by atoms with Crippen molar-refractivity contribution in [1.82, 2.24) is 10.3 Å². The Morgan fingerprint density at radius 1 is 1.32 bits per heavy atom. The molecule has 0 aliphatic rings. The van der Waals surface area contributed by atoms with E-state index in [1.807, 2.05) is 26.2 Å². The number of hydrogen-bond acceptors (Lipinski definition) is 4. The number of phenols is 1. The van der Waals surface area contributed by atoms with Gasteiger partial charge in [0.05, 0.1) is 6.04 Å². The highest BCUT2D eigenvalue weighted by Gasteiger charge is 2.16. The van der Waals surface area contributed by atoms with Gasteiger partial charge >= 0.3 is 0 Å². The highest BCUT2D eigenvalue weighted by molar-refractivity contribution is 7.09. The van der Waals surface area contributed by atoms with Crippen molar-refractivity contribution in [2.45, 2.75) is 32.9 Å². The molecule has 19 heavy (non-hydrogen) atoms. The number of aromatic hydroxyl groups is 1. The molecule has 0 spiro atoms. The third kappa shape index (κ3) is 3.30. The van der Waals surface area contributed by atoms with Gasteiger partial charge in [-0.25, -0.2) is 9.37 Å². The minimum atomic E-state index is -0.400. The van der Waals surface area contributed by atoms with Crippen LogP contribution in [0.4, 0.5) is 4.39 Å². The van der Waals surface area contributed by atoms with Gasteiger partial charge in [0.2, 0.25) is 0 Å². The number of rotatable bonds is 4. The number of thiazole rings is 1. The molecule has 0 aliphatic heterocycles. The van der Waals surface area contributed by atoms with E-state index in [0.29, 0.717) is 5.56 Å². The van der Waals surface area contributed by atoms with E-state index < -0.39 is 5.82 Å². The SMILES string of the molecule is Cc1csc(C(C)NC(C)c2ccc(O)cc2F)n1. The Morgan fingerprint density at radius 2 is 2.05 bits per heavy atom. The molecule has 5 heteroatoms. The lowest BCUT2D eigenvalue weighted by Crippen LogP contribution is -2.23. The number of benzene rings is 1. The minimum Gasteiger partial charge on any atom is -0.508 e. The van der Waals surface area contributed by atoms with Crippen LogP contribution in [0.2, 0.25) is 0 Å². The van der Waals surface area contributed by atoms with Crippen LogP contribution in [0, 0.1) is 12.7 Å². The average molecular weight is 280 g/mol. The monoisotopic (exact) mass is 280 g/mol. The van der Waals surface area contributed by atoms with Gasteiger partial charge in [0.15, 0.2) is 0 Å². The second kappa shape index (κ2) is 5.67. The fraction of sp³-hybridized carbons (Fsp3) is 0.357. The molecule has 0 saturated carbocycles. The average Bonchev–Trinajstić information content (AvgIpc) is 2.75. The zero-order valence-electron chi connectivity index (χ0n) is 11.1. The fourth-order valence-electron chi connectivity index (χ4n) is 1.97. The lowest BCUT2D eigenvalue weighted by Gasteiger charge is -2.19. The van der Waals surface area contributed by atoms with Gasteiger partial charge < -0.3 is 10.4 Å². The summed E-state index contributed by atoms with van der Waals surface area (Å²) in [5.41, 5.74) is 1.54. The second-order valence-corrected chi connectivity index (χ2v) is 5.53. The summed E-state index contributed by atoms with van der Waals surface area (Å²) in [4.78, 5) is 4.42. The summed E-state index contributed by atoms with van der Waals surface area (Å²) in [6, 6.07) is 4.13. The van der Waals surface area contributed by atoms with Crippen molar-refractivity contribution in [3.63, 3.8) is 0 Å². The number of aryl methyl sites for hydroxylation is 1. The lowest BCUT2D eigenvalue weighted by molar-refractivity contribution is 0.454. The molecule has 2 rings (SSSR count). The van der Waals surface area contributed by atoms with Gasteiger partial charge in [0, 0.05) is 28.7 Å². The predicted octanol–water partition coefficient (Wildman–Crippen LogP) is 3.71. The van der Waals surface area contributed by atoms with E-state index in [1.54, 1.807) is 17.4 Å². The van der Waals surface area contributed by atoms with Gasteiger partial charge in [-0.3, -0.25) is 0 Å². The minimum absolute atomic E-state index is 0.0573. The topological polar surface area (TPSA) is 45.1 Å². The Bertz CT molecular complexity index is 570. The number of nitrogens with zero attached hydrogens (tertiary/aromatic N) is 1. The first kappa shape index (κ1) is 14.0.